The molecule has 2 rings (SSSR count). The van der Waals surface area contributed by atoms with Crippen molar-refractivity contribution < 1.29 is 19.1 Å². The second kappa shape index (κ2) is 8.96. The van der Waals surface area contributed by atoms with E-state index in [1.165, 1.54) is 7.11 Å². The zero-order chi connectivity index (χ0) is 17.4. The summed E-state index contributed by atoms with van der Waals surface area (Å²) in [6, 6.07) is 7.14. The van der Waals surface area contributed by atoms with Crippen LogP contribution in [0.3, 0.4) is 0 Å². The number of hydrogen-bond donors (Lipinski definition) is 1. The van der Waals surface area contributed by atoms with E-state index in [9.17, 15) is 9.90 Å². The third-order valence-electron chi connectivity index (χ3n) is 3.85. The molecule has 0 aliphatic heterocycles. The lowest BCUT2D eigenvalue weighted by Gasteiger charge is -2.06. The van der Waals surface area contributed by atoms with E-state index < -0.39 is 0 Å². The first-order valence-corrected chi connectivity index (χ1v) is 8.22. The zero-order valence-corrected chi connectivity index (χ0v) is 14.2. The van der Waals surface area contributed by atoms with E-state index in [2.05, 4.69) is 6.08 Å². The Labute approximate surface area is 142 Å². The molecule has 0 spiro atoms. The van der Waals surface area contributed by atoms with Crippen LogP contribution in [0.5, 0.6) is 11.5 Å². The monoisotopic (exact) mass is 328 g/mol. The number of ether oxygens (including phenoxy) is 1. The molecule has 2 aromatic rings. The molecule has 0 radical (unpaired) electrons. The van der Waals surface area contributed by atoms with Gasteiger partial charge in [0.1, 0.15) is 11.5 Å². The highest BCUT2D eigenvalue weighted by Gasteiger charge is 2.09. The maximum Gasteiger partial charge on any atom is 0.161 e. The number of phenols is 1. The Bertz CT molecular complexity index is 697. The van der Waals surface area contributed by atoms with E-state index in [4.69, 9.17) is 9.15 Å². The van der Waals surface area contributed by atoms with Crippen molar-refractivity contribution in [1.82, 2.24) is 0 Å². The highest BCUT2D eigenvalue weighted by atomic mass is 16.5. The number of methoxy groups -OCH3 is 1. The molecule has 0 aliphatic carbocycles. The molecule has 0 saturated carbocycles. The molecule has 1 aromatic heterocycles. The third-order valence-corrected chi connectivity index (χ3v) is 3.85. The van der Waals surface area contributed by atoms with Gasteiger partial charge in [-0.05, 0) is 56.0 Å². The van der Waals surface area contributed by atoms with E-state index in [1.54, 1.807) is 25.3 Å². The van der Waals surface area contributed by atoms with Crippen LogP contribution in [-0.2, 0) is 4.79 Å². The Balaban J connectivity index is 1.95. The van der Waals surface area contributed by atoms with Crippen LogP contribution in [0.4, 0.5) is 0 Å². The molecule has 0 fully saturated rings. The first kappa shape index (κ1) is 17.9. The van der Waals surface area contributed by atoms with Gasteiger partial charge in [-0.15, -0.1) is 0 Å². The number of furan rings is 1. The number of phenolic OH excluding ortho intramolecular Hbond substituents is 1. The van der Waals surface area contributed by atoms with E-state index in [0.717, 1.165) is 42.6 Å². The van der Waals surface area contributed by atoms with Gasteiger partial charge in [0.25, 0.3) is 0 Å². The van der Waals surface area contributed by atoms with Gasteiger partial charge in [-0.25, -0.2) is 0 Å². The summed E-state index contributed by atoms with van der Waals surface area (Å²) in [6.45, 7) is 1.64. The SMILES string of the molecule is COc1cc(-c2ccoc2/C=C/CCCCCC(C)=O)ccc1O. The Morgan fingerprint density at radius 3 is 2.83 bits per heavy atom. The number of carbonyl (C=O) groups excluding carboxylic acids is 1. The van der Waals surface area contributed by atoms with Crippen LogP contribution >= 0.6 is 0 Å². The molecule has 0 atom stereocenters. The summed E-state index contributed by atoms with van der Waals surface area (Å²) < 4.78 is 10.7. The summed E-state index contributed by atoms with van der Waals surface area (Å²) in [6.07, 6.45) is 10.4. The van der Waals surface area contributed by atoms with Crippen molar-refractivity contribution >= 4 is 11.9 Å². The van der Waals surface area contributed by atoms with Crippen molar-refractivity contribution in [3.05, 3.63) is 42.4 Å². The van der Waals surface area contributed by atoms with Crippen molar-refractivity contribution in [3.63, 3.8) is 0 Å². The fourth-order valence-electron chi connectivity index (χ4n) is 2.54. The number of unbranched alkanes of at least 4 members (excludes halogenated alkanes) is 3. The van der Waals surface area contributed by atoms with E-state index >= 15 is 0 Å². The minimum absolute atomic E-state index is 0.118. The first-order chi connectivity index (χ1) is 11.6. The Morgan fingerprint density at radius 1 is 1.25 bits per heavy atom. The lowest BCUT2D eigenvalue weighted by atomic mass is 10.0. The van der Waals surface area contributed by atoms with Gasteiger partial charge in [0.15, 0.2) is 11.5 Å². The molecule has 0 saturated heterocycles. The fourth-order valence-corrected chi connectivity index (χ4v) is 2.54. The summed E-state index contributed by atoms with van der Waals surface area (Å²) in [4.78, 5) is 10.9. The van der Waals surface area contributed by atoms with Gasteiger partial charge < -0.3 is 19.1 Å². The van der Waals surface area contributed by atoms with Crippen LogP contribution in [0, 0.1) is 0 Å². The molecular formula is C20H24O4. The number of carbonyl (C=O) groups is 1. The molecular weight excluding hydrogens is 304 g/mol. The number of allylic oxidation sites excluding steroid dienone is 1. The van der Waals surface area contributed by atoms with Gasteiger partial charge in [0.2, 0.25) is 0 Å². The average molecular weight is 328 g/mol. The summed E-state index contributed by atoms with van der Waals surface area (Å²) in [5, 5.41) is 9.70. The number of hydrogen-bond acceptors (Lipinski definition) is 4. The predicted molar refractivity (Wildman–Crippen MR) is 95.2 cm³/mol. The van der Waals surface area contributed by atoms with Crippen LogP contribution in [0.2, 0.25) is 0 Å². The van der Waals surface area contributed by atoms with Crippen LogP contribution in [0.1, 0.15) is 44.8 Å². The van der Waals surface area contributed by atoms with Gasteiger partial charge in [0, 0.05) is 12.0 Å². The molecule has 128 valence electrons. The molecule has 0 amide bonds. The molecule has 0 unspecified atom stereocenters. The van der Waals surface area contributed by atoms with E-state index in [0.29, 0.717) is 12.2 Å². The van der Waals surface area contributed by atoms with Gasteiger partial charge in [-0.2, -0.15) is 0 Å². The summed E-state index contributed by atoms with van der Waals surface area (Å²) >= 11 is 0. The Morgan fingerprint density at radius 2 is 2.08 bits per heavy atom. The molecule has 0 aliphatic rings. The number of Topliss-reactive ketones (excluding diaryl/α,β-unsaturated/α-hetero) is 1. The normalized spacial score (nSPS) is 11.1. The average Bonchev–Trinajstić information content (AvgIpc) is 3.02. The van der Waals surface area contributed by atoms with Gasteiger partial charge >= 0.3 is 0 Å². The predicted octanol–water partition coefficient (Wildman–Crippen LogP) is 5.21. The molecule has 1 N–H and O–H groups in total. The minimum atomic E-state index is 0.118. The number of aromatic hydroxyl groups is 1. The summed E-state index contributed by atoms with van der Waals surface area (Å²) in [5.41, 5.74) is 1.89. The van der Waals surface area contributed by atoms with Gasteiger partial charge in [-0.1, -0.05) is 18.6 Å². The molecule has 1 aromatic carbocycles. The van der Waals surface area contributed by atoms with Crippen LogP contribution < -0.4 is 4.74 Å². The van der Waals surface area contributed by atoms with Gasteiger partial charge in [-0.3, -0.25) is 0 Å². The van der Waals surface area contributed by atoms with E-state index in [-0.39, 0.29) is 11.5 Å². The second-order valence-electron chi connectivity index (χ2n) is 5.79. The van der Waals surface area contributed by atoms with Crippen molar-refractivity contribution in [3.8, 4) is 22.6 Å². The standard InChI is InChI=1S/C20H24O4/c1-15(21)8-6-4-3-5-7-9-19-17(12-13-24-19)16-10-11-18(22)20(14-16)23-2/h7,9-14,22H,3-6,8H2,1-2H3/b9-7+. The van der Waals surface area contributed by atoms with Crippen molar-refractivity contribution in [2.45, 2.75) is 39.0 Å². The molecule has 24 heavy (non-hydrogen) atoms. The Kier molecular flexibility index (Phi) is 6.67. The van der Waals surface area contributed by atoms with Crippen molar-refractivity contribution in [1.29, 1.82) is 0 Å². The van der Waals surface area contributed by atoms with Crippen LogP contribution in [0.15, 0.2) is 41.0 Å². The fraction of sp³-hybridized carbons (Fsp3) is 0.350. The largest absolute Gasteiger partial charge is 0.504 e. The summed E-state index contributed by atoms with van der Waals surface area (Å²) in [5.74, 6) is 1.60. The lowest BCUT2D eigenvalue weighted by molar-refractivity contribution is -0.117. The van der Waals surface area contributed by atoms with Gasteiger partial charge in [0.05, 0.1) is 13.4 Å². The van der Waals surface area contributed by atoms with Crippen molar-refractivity contribution in [2.75, 3.05) is 7.11 Å². The maximum absolute atomic E-state index is 10.9. The van der Waals surface area contributed by atoms with E-state index in [1.807, 2.05) is 18.2 Å². The molecule has 0 bridgehead atoms. The third kappa shape index (κ3) is 5.01. The topological polar surface area (TPSA) is 59.7 Å². The first-order valence-electron chi connectivity index (χ1n) is 8.22. The number of rotatable bonds is 9. The zero-order valence-electron chi connectivity index (χ0n) is 14.2. The molecule has 4 nitrogen and oxygen atoms in total. The van der Waals surface area contributed by atoms with Crippen LogP contribution in [0.25, 0.3) is 17.2 Å². The quantitative estimate of drug-likeness (QED) is 0.642. The smallest absolute Gasteiger partial charge is 0.161 e. The second-order valence-corrected chi connectivity index (χ2v) is 5.79. The highest BCUT2D eigenvalue weighted by Crippen LogP contribution is 2.33. The highest BCUT2D eigenvalue weighted by molar-refractivity contribution is 5.75. The Hall–Kier alpha value is -2.49. The summed E-state index contributed by atoms with van der Waals surface area (Å²) in [7, 11) is 1.53. The van der Waals surface area contributed by atoms with Crippen molar-refractivity contribution in [2.24, 2.45) is 0 Å². The molecule has 1 heterocycles. The molecule has 4 heteroatoms. The van der Waals surface area contributed by atoms with Crippen LogP contribution in [-0.4, -0.2) is 18.0 Å². The number of benzene rings is 1. The lowest BCUT2D eigenvalue weighted by Crippen LogP contribution is -1.88. The number of ketones is 1. The maximum atomic E-state index is 10.9. The minimum Gasteiger partial charge on any atom is -0.504 e.